The van der Waals surface area contributed by atoms with E-state index >= 15 is 0 Å². The number of nitrogens with zero attached hydrogens (tertiary/aromatic N) is 2. The fourth-order valence-corrected chi connectivity index (χ4v) is 0.944. The summed E-state index contributed by atoms with van der Waals surface area (Å²) in [4.78, 5) is 8.58. The van der Waals surface area contributed by atoms with Crippen molar-refractivity contribution in [2.75, 3.05) is 0 Å². The molecule has 1 heterocycles. The summed E-state index contributed by atoms with van der Waals surface area (Å²) in [5, 5.41) is 0. The number of hydrogen-bond acceptors (Lipinski definition) is 2. The minimum Gasteiger partial charge on any atom is -0.241 e. The van der Waals surface area contributed by atoms with Crippen LogP contribution in [0, 0.1) is 0 Å². The SMILES string of the molecule is CC(C)c1cnc(C(C)C)nc1. The molecule has 1 aromatic heterocycles. The lowest BCUT2D eigenvalue weighted by Gasteiger charge is -2.06. The van der Waals surface area contributed by atoms with E-state index in [0.29, 0.717) is 11.8 Å². The van der Waals surface area contributed by atoms with Crippen LogP contribution >= 0.6 is 0 Å². The molecule has 1 rings (SSSR count). The average Bonchev–Trinajstić information content (AvgIpc) is 2.04. The molecule has 0 aliphatic heterocycles. The van der Waals surface area contributed by atoms with E-state index in [1.165, 1.54) is 5.56 Å². The summed E-state index contributed by atoms with van der Waals surface area (Å²) >= 11 is 0. The van der Waals surface area contributed by atoms with Crippen molar-refractivity contribution in [2.45, 2.75) is 39.5 Å². The van der Waals surface area contributed by atoms with Crippen LogP contribution in [0.4, 0.5) is 0 Å². The van der Waals surface area contributed by atoms with Gasteiger partial charge in [0.1, 0.15) is 5.82 Å². The highest BCUT2D eigenvalue weighted by Gasteiger charge is 2.03. The molecule has 0 unspecified atom stereocenters. The lowest BCUT2D eigenvalue weighted by Crippen LogP contribution is -1.99. The van der Waals surface area contributed by atoms with Gasteiger partial charge in [0.25, 0.3) is 0 Å². The highest BCUT2D eigenvalue weighted by atomic mass is 14.9. The van der Waals surface area contributed by atoms with E-state index in [1.807, 2.05) is 12.4 Å². The van der Waals surface area contributed by atoms with Gasteiger partial charge in [-0.1, -0.05) is 27.7 Å². The maximum atomic E-state index is 4.29. The zero-order chi connectivity index (χ0) is 9.14. The van der Waals surface area contributed by atoms with Gasteiger partial charge in [-0.25, -0.2) is 9.97 Å². The van der Waals surface area contributed by atoms with Crippen LogP contribution in [0.3, 0.4) is 0 Å². The zero-order valence-corrected chi connectivity index (χ0v) is 8.20. The van der Waals surface area contributed by atoms with Crippen molar-refractivity contribution in [1.82, 2.24) is 9.97 Å². The second kappa shape index (κ2) is 3.65. The van der Waals surface area contributed by atoms with Gasteiger partial charge in [-0.3, -0.25) is 0 Å². The fraction of sp³-hybridized carbons (Fsp3) is 0.600. The molecule has 0 N–H and O–H groups in total. The minimum atomic E-state index is 0.422. The molecule has 0 amide bonds. The quantitative estimate of drug-likeness (QED) is 0.671. The molecule has 66 valence electrons. The molecule has 0 aliphatic carbocycles. The first kappa shape index (κ1) is 9.17. The summed E-state index contributed by atoms with van der Waals surface area (Å²) in [5.41, 5.74) is 1.21. The Kier molecular flexibility index (Phi) is 2.79. The summed E-state index contributed by atoms with van der Waals surface area (Å²) in [7, 11) is 0. The lowest BCUT2D eigenvalue weighted by molar-refractivity contribution is 0.754. The lowest BCUT2D eigenvalue weighted by atomic mass is 10.1. The largest absolute Gasteiger partial charge is 0.241 e. The zero-order valence-electron chi connectivity index (χ0n) is 8.20. The van der Waals surface area contributed by atoms with Gasteiger partial charge in [0.15, 0.2) is 0 Å². The maximum absolute atomic E-state index is 4.29. The van der Waals surface area contributed by atoms with Crippen LogP contribution in [-0.2, 0) is 0 Å². The van der Waals surface area contributed by atoms with Crippen molar-refractivity contribution >= 4 is 0 Å². The Morgan fingerprint density at radius 3 is 1.75 bits per heavy atom. The van der Waals surface area contributed by atoms with Crippen molar-refractivity contribution in [1.29, 1.82) is 0 Å². The predicted molar refractivity (Wildman–Crippen MR) is 50.2 cm³/mol. The van der Waals surface area contributed by atoms with Gasteiger partial charge in [0, 0.05) is 18.3 Å². The third-order valence-electron chi connectivity index (χ3n) is 1.87. The second-order valence-corrected chi connectivity index (χ2v) is 3.68. The van der Waals surface area contributed by atoms with Crippen molar-refractivity contribution in [2.24, 2.45) is 0 Å². The Labute approximate surface area is 74.1 Å². The standard InChI is InChI=1S/C10H16N2/c1-7(2)9-5-11-10(8(3)4)12-6-9/h5-8H,1-4H3. The van der Waals surface area contributed by atoms with Gasteiger partial charge in [-0.2, -0.15) is 0 Å². The van der Waals surface area contributed by atoms with Gasteiger partial charge in [0.2, 0.25) is 0 Å². The normalized spacial score (nSPS) is 11.2. The van der Waals surface area contributed by atoms with Crippen molar-refractivity contribution in [3.8, 4) is 0 Å². The van der Waals surface area contributed by atoms with E-state index in [0.717, 1.165) is 5.82 Å². The third kappa shape index (κ3) is 2.03. The van der Waals surface area contributed by atoms with Crippen LogP contribution in [-0.4, -0.2) is 9.97 Å². The molecule has 12 heavy (non-hydrogen) atoms. The maximum Gasteiger partial charge on any atom is 0.130 e. The molecule has 0 spiro atoms. The summed E-state index contributed by atoms with van der Waals surface area (Å²) in [6, 6.07) is 0. The van der Waals surface area contributed by atoms with Crippen molar-refractivity contribution in [3.05, 3.63) is 23.8 Å². The molecule has 2 heteroatoms. The third-order valence-corrected chi connectivity index (χ3v) is 1.87. The molecule has 0 aromatic carbocycles. The molecule has 0 radical (unpaired) electrons. The number of hydrogen-bond donors (Lipinski definition) is 0. The van der Waals surface area contributed by atoms with Crippen LogP contribution in [0.25, 0.3) is 0 Å². The number of aromatic nitrogens is 2. The summed E-state index contributed by atoms with van der Waals surface area (Å²) in [6.07, 6.45) is 3.85. The number of rotatable bonds is 2. The Morgan fingerprint density at radius 1 is 0.917 bits per heavy atom. The van der Waals surface area contributed by atoms with Crippen LogP contribution in [0.2, 0.25) is 0 Å². The summed E-state index contributed by atoms with van der Waals surface area (Å²) in [6.45, 7) is 8.50. The van der Waals surface area contributed by atoms with Crippen LogP contribution in [0.15, 0.2) is 12.4 Å². The van der Waals surface area contributed by atoms with Crippen molar-refractivity contribution in [3.63, 3.8) is 0 Å². The molecule has 0 bridgehead atoms. The average molecular weight is 164 g/mol. The van der Waals surface area contributed by atoms with Crippen LogP contribution in [0.1, 0.15) is 50.9 Å². The Bertz CT molecular complexity index is 210. The van der Waals surface area contributed by atoms with Gasteiger partial charge in [-0.05, 0) is 11.5 Å². The van der Waals surface area contributed by atoms with Gasteiger partial charge >= 0.3 is 0 Å². The molecule has 0 saturated heterocycles. The summed E-state index contributed by atoms with van der Waals surface area (Å²) in [5.74, 6) is 1.87. The van der Waals surface area contributed by atoms with E-state index in [2.05, 4.69) is 37.7 Å². The first-order chi connectivity index (χ1) is 5.61. The molecule has 0 saturated carbocycles. The Balaban J connectivity index is 2.86. The Morgan fingerprint density at radius 2 is 1.42 bits per heavy atom. The van der Waals surface area contributed by atoms with E-state index in [4.69, 9.17) is 0 Å². The van der Waals surface area contributed by atoms with E-state index in [-0.39, 0.29) is 0 Å². The predicted octanol–water partition coefficient (Wildman–Crippen LogP) is 2.72. The Hall–Kier alpha value is -0.920. The van der Waals surface area contributed by atoms with Crippen LogP contribution in [0.5, 0.6) is 0 Å². The highest BCUT2D eigenvalue weighted by molar-refractivity contribution is 5.10. The molecule has 1 aromatic rings. The van der Waals surface area contributed by atoms with E-state index < -0.39 is 0 Å². The molecule has 0 fully saturated rings. The molecular formula is C10H16N2. The first-order valence-electron chi connectivity index (χ1n) is 4.43. The highest BCUT2D eigenvalue weighted by Crippen LogP contribution is 2.13. The van der Waals surface area contributed by atoms with Gasteiger partial charge in [0.05, 0.1) is 0 Å². The minimum absolute atomic E-state index is 0.422. The molecular weight excluding hydrogens is 148 g/mol. The van der Waals surface area contributed by atoms with Gasteiger partial charge < -0.3 is 0 Å². The van der Waals surface area contributed by atoms with E-state index in [9.17, 15) is 0 Å². The van der Waals surface area contributed by atoms with E-state index in [1.54, 1.807) is 0 Å². The van der Waals surface area contributed by atoms with Crippen LogP contribution < -0.4 is 0 Å². The monoisotopic (exact) mass is 164 g/mol. The second-order valence-electron chi connectivity index (χ2n) is 3.68. The van der Waals surface area contributed by atoms with Crippen molar-refractivity contribution < 1.29 is 0 Å². The first-order valence-corrected chi connectivity index (χ1v) is 4.43. The topological polar surface area (TPSA) is 25.8 Å². The molecule has 0 aliphatic rings. The smallest absolute Gasteiger partial charge is 0.130 e. The summed E-state index contributed by atoms with van der Waals surface area (Å²) < 4.78 is 0. The van der Waals surface area contributed by atoms with Gasteiger partial charge in [-0.15, -0.1) is 0 Å². The fourth-order valence-electron chi connectivity index (χ4n) is 0.944. The molecule has 2 nitrogen and oxygen atoms in total. The molecule has 0 atom stereocenters.